The zero-order valence-electron chi connectivity index (χ0n) is 10.6. The normalized spacial score (nSPS) is 30.6. The van der Waals surface area contributed by atoms with Crippen molar-refractivity contribution >= 4 is 5.91 Å². The highest BCUT2D eigenvalue weighted by Crippen LogP contribution is 2.34. The molecule has 0 aliphatic carbocycles. The van der Waals surface area contributed by atoms with Crippen LogP contribution in [-0.4, -0.2) is 35.5 Å². The number of nitrogens with one attached hydrogen (secondary N) is 1. The molecule has 2 heterocycles. The molecular weight excluding hydrogens is 214 g/mol. The molecule has 0 aromatic carbocycles. The quantitative estimate of drug-likeness (QED) is 0.798. The maximum absolute atomic E-state index is 12.5. The summed E-state index contributed by atoms with van der Waals surface area (Å²) in [7, 11) is 0. The highest BCUT2D eigenvalue weighted by atomic mass is 16.2. The van der Waals surface area contributed by atoms with Crippen molar-refractivity contribution in [3.63, 3.8) is 0 Å². The Hall–Kier alpha value is -1.08. The number of nitrogens with zero attached hydrogens (tertiary/aromatic N) is 2. The van der Waals surface area contributed by atoms with E-state index >= 15 is 0 Å². The van der Waals surface area contributed by atoms with Gasteiger partial charge in [0.2, 0.25) is 5.91 Å². The van der Waals surface area contributed by atoms with Gasteiger partial charge in [0.25, 0.3) is 0 Å². The summed E-state index contributed by atoms with van der Waals surface area (Å²) < 4.78 is 0. The predicted molar refractivity (Wildman–Crippen MR) is 65.1 cm³/mol. The van der Waals surface area contributed by atoms with Gasteiger partial charge in [-0.2, -0.15) is 5.26 Å². The molecule has 0 aromatic heterocycles. The summed E-state index contributed by atoms with van der Waals surface area (Å²) in [5.41, 5.74) is 0. The van der Waals surface area contributed by atoms with E-state index in [1.165, 1.54) is 6.42 Å². The SMILES string of the molecule is CC(C)N(CCC#N)C(=O)C1CC2CCC1N2. The summed E-state index contributed by atoms with van der Waals surface area (Å²) in [6.07, 6.45) is 3.76. The fourth-order valence-corrected chi connectivity index (χ4v) is 3.10. The predicted octanol–water partition coefficient (Wildman–Crippen LogP) is 1.28. The van der Waals surface area contributed by atoms with E-state index in [1.54, 1.807) is 0 Å². The van der Waals surface area contributed by atoms with E-state index in [2.05, 4.69) is 11.4 Å². The molecule has 3 unspecified atom stereocenters. The Morgan fingerprint density at radius 3 is 2.76 bits per heavy atom. The Kier molecular flexibility index (Phi) is 3.68. The van der Waals surface area contributed by atoms with Crippen LogP contribution in [0.1, 0.15) is 39.5 Å². The fourth-order valence-electron chi connectivity index (χ4n) is 3.10. The number of carbonyl (C=O) groups excluding carboxylic acids is 1. The Morgan fingerprint density at radius 1 is 1.53 bits per heavy atom. The molecule has 3 atom stereocenters. The Balaban J connectivity index is 1.99. The van der Waals surface area contributed by atoms with Crippen LogP contribution in [0.25, 0.3) is 0 Å². The number of hydrogen-bond acceptors (Lipinski definition) is 3. The van der Waals surface area contributed by atoms with Crippen LogP contribution in [0.15, 0.2) is 0 Å². The van der Waals surface area contributed by atoms with Crippen molar-refractivity contribution in [2.45, 2.75) is 57.7 Å². The van der Waals surface area contributed by atoms with Gasteiger partial charge in [-0.1, -0.05) is 0 Å². The van der Waals surface area contributed by atoms with Crippen molar-refractivity contribution in [1.82, 2.24) is 10.2 Å². The molecule has 2 bridgehead atoms. The third-order valence-electron chi connectivity index (χ3n) is 3.99. The van der Waals surface area contributed by atoms with Crippen molar-refractivity contribution < 1.29 is 4.79 Å². The molecular formula is C13H21N3O. The van der Waals surface area contributed by atoms with Crippen molar-refractivity contribution in [3.8, 4) is 6.07 Å². The first kappa shape index (κ1) is 12.4. The molecule has 2 aliphatic heterocycles. The lowest BCUT2D eigenvalue weighted by Crippen LogP contribution is -2.44. The van der Waals surface area contributed by atoms with Gasteiger partial charge < -0.3 is 10.2 Å². The molecule has 0 aromatic rings. The monoisotopic (exact) mass is 235 g/mol. The second-order valence-electron chi connectivity index (χ2n) is 5.42. The first-order chi connectivity index (χ1) is 8.13. The lowest BCUT2D eigenvalue weighted by atomic mass is 9.88. The molecule has 1 N–H and O–H groups in total. The maximum atomic E-state index is 12.5. The van der Waals surface area contributed by atoms with E-state index < -0.39 is 0 Å². The molecule has 4 nitrogen and oxygen atoms in total. The van der Waals surface area contributed by atoms with E-state index in [9.17, 15) is 4.79 Å². The molecule has 0 saturated carbocycles. The molecule has 1 amide bonds. The van der Waals surface area contributed by atoms with Crippen LogP contribution >= 0.6 is 0 Å². The van der Waals surface area contributed by atoms with Crippen LogP contribution < -0.4 is 5.32 Å². The van der Waals surface area contributed by atoms with Gasteiger partial charge in [0.1, 0.15) is 0 Å². The molecule has 2 fully saturated rings. The first-order valence-electron chi connectivity index (χ1n) is 6.57. The number of rotatable bonds is 4. The summed E-state index contributed by atoms with van der Waals surface area (Å²) in [5.74, 6) is 0.393. The largest absolute Gasteiger partial charge is 0.339 e. The van der Waals surface area contributed by atoms with E-state index in [0.717, 1.165) is 12.8 Å². The van der Waals surface area contributed by atoms with E-state index in [0.29, 0.717) is 25.0 Å². The molecule has 2 rings (SSSR count). The number of carbonyl (C=O) groups is 1. The molecule has 0 spiro atoms. The van der Waals surface area contributed by atoms with Crippen molar-refractivity contribution in [2.75, 3.05) is 6.54 Å². The molecule has 2 aliphatic rings. The third-order valence-corrected chi connectivity index (χ3v) is 3.99. The first-order valence-corrected chi connectivity index (χ1v) is 6.57. The lowest BCUT2D eigenvalue weighted by Gasteiger charge is -2.31. The summed E-state index contributed by atoms with van der Waals surface area (Å²) in [4.78, 5) is 14.3. The number of fused-ring (bicyclic) bond motifs is 2. The van der Waals surface area contributed by atoms with Crippen molar-refractivity contribution in [2.24, 2.45) is 5.92 Å². The molecule has 2 saturated heterocycles. The molecule has 0 radical (unpaired) electrons. The zero-order chi connectivity index (χ0) is 12.4. The van der Waals surface area contributed by atoms with Crippen molar-refractivity contribution in [3.05, 3.63) is 0 Å². The van der Waals surface area contributed by atoms with Gasteiger partial charge in [-0.3, -0.25) is 4.79 Å². The van der Waals surface area contributed by atoms with Gasteiger partial charge in [-0.25, -0.2) is 0 Å². The topological polar surface area (TPSA) is 56.1 Å². The van der Waals surface area contributed by atoms with Crippen LogP contribution in [0.2, 0.25) is 0 Å². The number of amides is 1. The van der Waals surface area contributed by atoms with Gasteiger partial charge in [-0.15, -0.1) is 0 Å². The maximum Gasteiger partial charge on any atom is 0.227 e. The van der Waals surface area contributed by atoms with Gasteiger partial charge in [0.15, 0.2) is 0 Å². The second-order valence-corrected chi connectivity index (χ2v) is 5.42. The summed E-state index contributed by atoms with van der Waals surface area (Å²) in [6.45, 7) is 4.62. The van der Waals surface area contributed by atoms with E-state index in [1.807, 2.05) is 18.7 Å². The van der Waals surface area contributed by atoms with Gasteiger partial charge in [0, 0.05) is 24.7 Å². The number of nitriles is 1. The smallest absolute Gasteiger partial charge is 0.227 e. The van der Waals surface area contributed by atoms with E-state index in [4.69, 9.17) is 5.26 Å². The third kappa shape index (κ3) is 2.44. The Bertz CT molecular complexity index is 334. The second kappa shape index (κ2) is 5.05. The molecule has 94 valence electrons. The van der Waals surface area contributed by atoms with Crippen LogP contribution in [-0.2, 0) is 4.79 Å². The minimum Gasteiger partial charge on any atom is -0.339 e. The molecule has 4 heteroatoms. The lowest BCUT2D eigenvalue weighted by molar-refractivity contribution is -0.137. The van der Waals surface area contributed by atoms with Crippen LogP contribution in [0, 0.1) is 17.2 Å². The Morgan fingerprint density at radius 2 is 2.29 bits per heavy atom. The summed E-state index contributed by atoms with van der Waals surface area (Å²) >= 11 is 0. The minimum absolute atomic E-state index is 0.148. The van der Waals surface area contributed by atoms with E-state index in [-0.39, 0.29) is 17.9 Å². The highest BCUT2D eigenvalue weighted by molar-refractivity contribution is 5.80. The zero-order valence-corrected chi connectivity index (χ0v) is 10.6. The Labute approximate surface area is 103 Å². The average Bonchev–Trinajstić information content (AvgIpc) is 2.90. The minimum atomic E-state index is 0.148. The highest BCUT2D eigenvalue weighted by Gasteiger charge is 2.44. The molecule has 17 heavy (non-hydrogen) atoms. The summed E-state index contributed by atoms with van der Waals surface area (Å²) in [6, 6.07) is 3.25. The average molecular weight is 235 g/mol. The number of hydrogen-bond donors (Lipinski definition) is 1. The van der Waals surface area contributed by atoms with Crippen LogP contribution in [0.5, 0.6) is 0 Å². The fraction of sp³-hybridized carbons (Fsp3) is 0.846. The van der Waals surface area contributed by atoms with Crippen LogP contribution in [0.4, 0.5) is 0 Å². The van der Waals surface area contributed by atoms with Gasteiger partial charge >= 0.3 is 0 Å². The van der Waals surface area contributed by atoms with Crippen molar-refractivity contribution in [1.29, 1.82) is 5.26 Å². The standard InChI is InChI=1S/C13H21N3O/c1-9(2)16(7-3-6-14)13(17)11-8-10-4-5-12(11)15-10/h9-12,15H,3-5,7-8H2,1-2H3. The summed E-state index contributed by atoms with van der Waals surface area (Å²) in [5, 5.41) is 12.1. The van der Waals surface area contributed by atoms with Crippen LogP contribution in [0.3, 0.4) is 0 Å². The van der Waals surface area contributed by atoms with Gasteiger partial charge in [-0.05, 0) is 33.1 Å². The van der Waals surface area contributed by atoms with Gasteiger partial charge in [0.05, 0.1) is 18.4 Å².